The van der Waals surface area contributed by atoms with E-state index in [-0.39, 0.29) is 11.2 Å². The molecule has 0 radical (unpaired) electrons. The van der Waals surface area contributed by atoms with Crippen LogP contribution in [0.15, 0.2) is 5.11 Å². The summed E-state index contributed by atoms with van der Waals surface area (Å²) in [4.78, 5) is 2.62. The molecule has 6 nitrogen and oxygen atoms in total. The van der Waals surface area contributed by atoms with Crippen LogP contribution in [-0.2, 0) is 10.0 Å². The van der Waals surface area contributed by atoms with Crippen molar-refractivity contribution in [2.75, 3.05) is 18.8 Å². The van der Waals surface area contributed by atoms with E-state index in [1.54, 1.807) is 0 Å². The Hall–Kier alpha value is -0.780. The van der Waals surface area contributed by atoms with Gasteiger partial charge in [-0.1, -0.05) is 25.9 Å². The predicted octanol–water partition coefficient (Wildman–Crippen LogP) is 2.04. The smallest absolute Gasteiger partial charge is 0.212 e. The van der Waals surface area contributed by atoms with Gasteiger partial charge in [-0.05, 0) is 23.8 Å². The van der Waals surface area contributed by atoms with Gasteiger partial charge in [-0.15, -0.1) is 0 Å². The summed E-state index contributed by atoms with van der Waals surface area (Å²) in [6.45, 7) is 6.46. The zero-order valence-corrected chi connectivity index (χ0v) is 10.9. The third-order valence-electron chi connectivity index (χ3n) is 1.69. The van der Waals surface area contributed by atoms with E-state index >= 15 is 0 Å². The number of hydrogen-bond acceptors (Lipinski definition) is 3. The van der Waals surface area contributed by atoms with E-state index in [4.69, 9.17) is 5.53 Å². The van der Waals surface area contributed by atoms with Gasteiger partial charge < -0.3 is 0 Å². The summed E-state index contributed by atoms with van der Waals surface area (Å²) in [6, 6.07) is 0. The topological polar surface area (TPSA) is 94.9 Å². The van der Waals surface area contributed by atoms with Crippen LogP contribution in [0.1, 0.15) is 33.6 Å². The van der Waals surface area contributed by atoms with Gasteiger partial charge in [-0.3, -0.25) is 0 Å². The molecule has 0 aromatic rings. The number of nitrogens with zero attached hydrogens (tertiary/aromatic N) is 3. The third-order valence-corrected chi connectivity index (χ3v) is 3.58. The fourth-order valence-electron chi connectivity index (χ4n) is 1.20. The Balaban J connectivity index is 3.79. The Morgan fingerprint density at radius 3 is 2.44 bits per heavy atom. The maximum atomic E-state index is 11.5. The van der Waals surface area contributed by atoms with Gasteiger partial charge in [0, 0.05) is 18.0 Å². The average molecular weight is 248 g/mol. The standard InChI is InChI=1S/C9H20N4O2S/c1-9(2,3)8-16(14,15)12-7-5-4-6-11-13-10/h12H,4-8H2,1-3H3. The summed E-state index contributed by atoms with van der Waals surface area (Å²) in [7, 11) is -3.19. The molecule has 0 aromatic heterocycles. The highest BCUT2D eigenvalue weighted by atomic mass is 32.2. The van der Waals surface area contributed by atoms with Crippen LogP contribution in [0.5, 0.6) is 0 Å². The SMILES string of the molecule is CC(C)(C)CS(=O)(=O)NCCCCN=[N+]=[N-]. The molecular formula is C9H20N4O2S. The van der Waals surface area contributed by atoms with Crippen molar-refractivity contribution in [3.05, 3.63) is 10.4 Å². The predicted molar refractivity (Wildman–Crippen MR) is 64.5 cm³/mol. The molecule has 94 valence electrons. The molecule has 0 saturated heterocycles. The molecule has 0 saturated carbocycles. The van der Waals surface area contributed by atoms with Gasteiger partial charge in [-0.25, -0.2) is 13.1 Å². The molecular weight excluding hydrogens is 228 g/mol. The van der Waals surface area contributed by atoms with Crippen molar-refractivity contribution in [2.24, 2.45) is 10.5 Å². The minimum absolute atomic E-state index is 0.121. The van der Waals surface area contributed by atoms with Gasteiger partial charge in [0.05, 0.1) is 5.75 Å². The molecule has 0 unspecified atom stereocenters. The number of sulfonamides is 1. The lowest BCUT2D eigenvalue weighted by Crippen LogP contribution is -2.32. The minimum atomic E-state index is -3.19. The Morgan fingerprint density at radius 1 is 1.31 bits per heavy atom. The first kappa shape index (κ1) is 15.2. The van der Waals surface area contributed by atoms with Crippen molar-refractivity contribution < 1.29 is 8.42 Å². The summed E-state index contributed by atoms with van der Waals surface area (Å²) < 4.78 is 25.6. The summed E-state index contributed by atoms with van der Waals surface area (Å²) in [5, 5.41) is 3.37. The number of unbranched alkanes of at least 4 members (excludes halogenated alkanes) is 1. The Kier molecular flexibility index (Phi) is 6.40. The molecule has 0 heterocycles. The van der Waals surface area contributed by atoms with Gasteiger partial charge in [0.1, 0.15) is 0 Å². The molecule has 16 heavy (non-hydrogen) atoms. The molecule has 0 aliphatic heterocycles. The Bertz CT molecular complexity index is 339. The van der Waals surface area contributed by atoms with Crippen LogP contribution >= 0.6 is 0 Å². The van der Waals surface area contributed by atoms with Crippen molar-refractivity contribution in [3.63, 3.8) is 0 Å². The van der Waals surface area contributed by atoms with Crippen molar-refractivity contribution in [1.82, 2.24) is 4.72 Å². The zero-order valence-electron chi connectivity index (χ0n) is 10.1. The molecule has 0 fully saturated rings. The molecule has 7 heteroatoms. The van der Waals surface area contributed by atoms with Gasteiger partial charge in [-0.2, -0.15) is 0 Å². The van der Waals surface area contributed by atoms with Crippen LogP contribution in [0.4, 0.5) is 0 Å². The zero-order chi connectivity index (χ0) is 12.7. The summed E-state index contributed by atoms with van der Waals surface area (Å²) in [6.07, 6.45) is 1.38. The monoisotopic (exact) mass is 248 g/mol. The Morgan fingerprint density at radius 2 is 1.94 bits per heavy atom. The normalized spacial score (nSPS) is 12.2. The molecule has 0 rings (SSSR count). The second kappa shape index (κ2) is 6.73. The van der Waals surface area contributed by atoms with Crippen LogP contribution in [0.25, 0.3) is 10.4 Å². The molecule has 0 aromatic carbocycles. The van der Waals surface area contributed by atoms with Gasteiger partial charge in [0.2, 0.25) is 10.0 Å². The number of hydrogen-bond donors (Lipinski definition) is 1. The number of rotatable bonds is 7. The van der Waals surface area contributed by atoms with E-state index in [0.29, 0.717) is 25.9 Å². The molecule has 0 bridgehead atoms. The molecule has 0 aliphatic carbocycles. The highest BCUT2D eigenvalue weighted by Gasteiger charge is 2.20. The third kappa shape index (κ3) is 9.76. The van der Waals surface area contributed by atoms with Gasteiger partial charge in [0.15, 0.2) is 0 Å². The lowest BCUT2D eigenvalue weighted by atomic mass is 10.0. The molecule has 0 atom stereocenters. The number of nitrogens with one attached hydrogen (secondary N) is 1. The fourth-order valence-corrected chi connectivity index (χ4v) is 2.90. The lowest BCUT2D eigenvalue weighted by molar-refractivity contribution is 0.457. The van der Waals surface area contributed by atoms with Crippen molar-refractivity contribution in [1.29, 1.82) is 0 Å². The van der Waals surface area contributed by atoms with Crippen molar-refractivity contribution in [3.8, 4) is 0 Å². The van der Waals surface area contributed by atoms with Crippen LogP contribution < -0.4 is 4.72 Å². The highest BCUT2D eigenvalue weighted by molar-refractivity contribution is 7.89. The molecule has 0 amide bonds. The average Bonchev–Trinajstić information content (AvgIpc) is 2.06. The summed E-state index contributed by atoms with van der Waals surface area (Å²) >= 11 is 0. The molecule has 0 spiro atoms. The lowest BCUT2D eigenvalue weighted by Gasteiger charge is -2.18. The molecule has 0 aliphatic rings. The maximum absolute atomic E-state index is 11.5. The van der Waals surface area contributed by atoms with Gasteiger partial charge in [0.25, 0.3) is 0 Å². The highest BCUT2D eigenvalue weighted by Crippen LogP contribution is 2.15. The van der Waals surface area contributed by atoms with E-state index in [0.717, 1.165) is 0 Å². The Labute approximate surface area is 97.1 Å². The quantitative estimate of drug-likeness (QED) is 0.323. The minimum Gasteiger partial charge on any atom is -0.215 e. The first-order chi connectivity index (χ1) is 7.27. The van der Waals surface area contributed by atoms with E-state index < -0.39 is 10.0 Å². The maximum Gasteiger partial charge on any atom is 0.212 e. The van der Waals surface area contributed by atoms with E-state index in [2.05, 4.69) is 14.7 Å². The van der Waals surface area contributed by atoms with Crippen LogP contribution in [-0.4, -0.2) is 27.3 Å². The number of azide groups is 1. The van der Waals surface area contributed by atoms with Gasteiger partial charge >= 0.3 is 0 Å². The van der Waals surface area contributed by atoms with Crippen molar-refractivity contribution >= 4 is 10.0 Å². The van der Waals surface area contributed by atoms with Crippen LogP contribution in [0.2, 0.25) is 0 Å². The van der Waals surface area contributed by atoms with Crippen molar-refractivity contribution in [2.45, 2.75) is 33.6 Å². The molecule has 1 N–H and O–H groups in total. The van der Waals surface area contributed by atoms with Crippen LogP contribution in [0.3, 0.4) is 0 Å². The first-order valence-electron chi connectivity index (χ1n) is 5.25. The summed E-state index contributed by atoms with van der Waals surface area (Å²) in [5.74, 6) is 0.121. The first-order valence-corrected chi connectivity index (χ1v) is 6.90. The van der Waals surface area contributed by atoms with E-state index in [1.807, 2.05) is 20.8 Å². The largest absolute Gasteiger partial charge is 0.215 e. The summed E-state index contributed by atoms with van der Waals surface area (Å²) in [5.41, 5.74) is 7.79. The second-order valence-corrected chi connectivity index (χ2v) is 6.68. The van der Waals surface area contributed by atoms with E-state index in [9.17, 15) is 8.42 Å². The van der Waals surface area contributed by atoms with Crippen LogP contribution in [0, 0.1) is 5.41 Å². The van der Waals surface area contributed by atoms with E-state index in [1.165, 1.54) is 0 Å². The second-order valence-electron chi connectivity index (χ2n) is 4.88. The fraction of sp³-hybridized carbons (Fsp3) is 1.00.